The third kappa shape index (κ3) is 4.33. The maximum absolute atomic E-state index is 12.8. The van der Waals surface area contributed by atoms with E-state index in [0.717, 1.165) is 37.9 Å². The predicted molar refractivity (Wildman–Crippen MR) is 78.9 cm³/mol. The van der Waals surface area contributed by atoms with E-state index in [-0.39, 0.29) is 17.9 Å². The average molecular weight is 289 g/mol. The zero-order valence-electron chi connectivity index (χ0n) is 12.3. The van der Waals surface area contributed by atoms with Gasteiger partial charge in [0.05, 0.1) is 31.2 Å². The van der Waals surface area contributed by atoms with Gasteiger partial charge in [-0.1, -0.05) is 19.3 Å². The second-order valence-electron chi connectivity index (χ2n) is 5.66. The van der Waals surface area contributed by atoms with Crippen LogP contribution in [-0.4, -0.2) is 23.4 Å². The van der Waals surface area contributed by atoms with Crippen LogP contribution >= 0.6 is 0 Å². The fourth-order valence-corrected chi connectivity index (χ4v) is 2.92. The second kappa shape index (κ2) is 7.84. The molecule has 2 atom stereocenters. The molecule has 1 saturated carbocycles. The van der Waals surface area contributed by atoms with Gasteiger partial charge in [0.25, 0.3) is 0 Å². The van der Waals surface area contributed by atoms with Crippen molar-refractivity contribution in [1.82, 2.24) is 4.90 Å². The molecule has 2 rings (SSSR count). The van der Waals surface area contributed by atoms with Crippen molar-refractivity contribution < 1.29 is 9.21 Å². The van der Waals surface area contributed by atoms with Gasteiger partial charge in [-0.05, 0) is 25.0 Å². The van der Waals surface area contributed by atoms with E-state index in [1.54, 1.807) is 17.2 Å². The van der Waals surface area contributed by atoms with Crippen molar-refractivity contribution in [2.24, 2.45) is 11.7 Å². The van der Waals surface area contributed by atoms with Crippen molar-refractivity contribution in [2.45, 2.75) is 51.1 Å². The van der Waals surface area contributed by atoms with Crippen molar-refractivity contribution in [1.29, 1.82) is 5.26 Å². The van der Waals surface area contributed by atoms with E-state index in [1.165, 1.54) is 0 Å². The normalized spacial score (nSPS) is 22.3. The molecule has 21 heavy (non-hydrogen) atoms. The first-order chi connectivity index (χ1) is 10.2. The van der Waals surface area contributed by atoms with Gasteiger partial charge in [0, 0.05) is 12.6 Å². The molecule has 1 aliphatic rings. The Bertz CT molecular complexity index is 478. The van der Waals surface area contributed by atoms with Gasteiger partial charge in [-0.15, -0.1) is 0 Å². The van der Waals surface area contributed by atoms with Crippen molar-refractivity contribution in [3.63, 3.8) is 0 Å². The molecule has 1 fully saturated rings. The number of nitrogens with zero attached hydrogens (tertiary/aromatic N) is 2. The number of nitriles is 1. The summed E-state index contributed by atoms with van der Waals surface area (Å²) in [5.41, 5.74) is 6.18. The number of carbonyl (C=O) groups is 1. The smallest absolute Gasteiger partial charge is 0.227 e. The standard InChI is InChI=1S/C16H23N3O2/c17-9-5-10-19(12-13-6-4-11-21-13)16(20)14-7-2-1-3-8-15(14)18/h4,6,11,14-15H,1-3,5,7-8,10,12,18H2. The van der Waals surface area contributed by atoms with E-state index in [0.29, 0.717) is 19.5 Å². The van der Waals surface area contributed by atoms with Crippen LogP contribution in [0.15, 0.2) is 22.8 Å². The Morgan fingerprint density at radius 1 is 1.43 bits per heavy atom. The zero-order valence-corrected chi connectivity index (χ0v) is 12.3. The number of hydrogen-bond donors (Lipinski definition) is 1. The summed E-state index contributed by atoms with van der Waals surface area (Å²) in [5, 5.41) is 8.79. The number of carbonyl (C=O) groups excluding carboxylic acids is 1. The number of nitrogens with two attached hydrogens (primary N) is 1. The number of furan rings is 1. The van der Waals surface area contributed by atoms with Gasteiger partial charge in [-0.25, -0.2) is 0 Å². The van der Waals surface area contributed by atoms with Crippen LogP contribution in [0.1, 0.15) is 44.3 Å². The SMILES string of the molecule is N#CCCN(Cc1ccco1)C(=O)C1CCCCCC1N. The molecule has 0 saturated heterocycles. The van der Waals surface area contributed by atoms with E-state index in [2.05, 4.69) is 6.07 Å². The van der Waals surface area contributed by atoms with Crippen LogP contribution in [0.25, 0.3) is 0 Å². The van der Waals surface area contributed by atoms with Crippen LogP contribution in [0.4, 0.5) is 0 Å². The predicted octanol–water partition coefficient (Wildman–Crippen LogP) is 2.43. The minimum atomic E-state index is -0.124. The minimum Gasteiger partial charge on any atom is -0.467 e. The third-order valence-electron chi connectivity index (χ3n) is 4.12. The summed E-state index contributed by atoms with van der Waals surface area (Å²) in [5.74, 6) is 0.681. The Labute approximate surface area is 125 Å². The van der Waals surface area contributed by atoms with Crippen LogP contribution < -0.4 is 5.73 Å². The summed E-state index contributed by atoms with van der Waals surface area (Å²) < 4.78 is 5.32. The Balaban J connectivity index is 2.06. The van der Waals surface area contributed by atoms with Gasteiger partial charge in [0.15, 0.2) is 0 Å². The van der Waals surface area contributed by atoms with Crippen LogP contribution in [0, 0.1) is 17.2 Å². The lowest BCUT2D eigenvalue weighted by molar-refractivity contribution is -0.137. The van der Waals surface area contributed by atoms with Crippen molar-refractivity contribution >= 4 is 5.91 Å². The highest BCUT2D eigenvalue weighted by Gasteiger charge is 2.30. The number of hydrogen-bond acceptors (Lipinski definition) is 4. The molecule has 0 spiro atoms. The van der Waals surface area contributed by atoms with Crippen LogP contribution in [0.5, 0.6) is 0 Å². The quantitative estimate of drug-likeness (QED) is 0.844. The van der Waals surface area contributed by atoms with Gasteiger partial charge in [0.1, 0.15) is 5.76 Å². The highest BCUT2D eigenvalue weighted by Crippen LogP contribution is 2.25. The molecule has 2 unspecified atom stereocenters. The first-order valence-electron chi connectivity index (χ1n) is 7.66. The molecule has 1 heterocycles. The lowest BCUT2D eigenvalue weighted by atomic mass is 9.94. The first kappa shape index (κ1) is 15.6. The molecule has 5 heteroatoms. The highest BCUT2D eigenvalue weighted by atomic mass is 16.3. The lowest BCUT2D eigenvalue weighted by Gasteiger charge is -2.28. The maximum atomic E-state index is 12.8. The van der Waals surface area contributed by atoms with Gasteiger partial charge in [-0.3, -0.25) is 4.79 Å². The van der Waals surface area contributed by atoms with Gasteiger partial charge in [-0.2, -0.15) is 5.26 Å². The molecule has 0 aliphatic heterocycles. The fraction of sp³-hybridized carbons (Fsp3) is 0.625. The molecular formula is C16H23N3O2. The van der Waals surface area contributed by atoms with Crippen LogP contribution in [0.3, 0.4) is 0 Å². The highest BCUT2D eigenvalue weighted by molar-refractivity contribution is 5.79. The topological polar surface area (TPSA) is 83.3 Å². The molecule has 2 N–H and O–H groups in total. The summed E-state index contributed by atoms with van der Waals surface area (Å²) in [4.78, 5) is 14.5. The maximum Gasteiger partial charge on any atom is 0.227 e. The first-order valence-corrected chi connectivity index (χ1v) is 7.66. The molecule has 1 aromatic heterocycles. The summed E-state index contributed by atoms with van der Waals surface area (Å²) >= 11 is 0. The fourth-order valence-electron chi connectivity index (χ4n) is 2.92. The van der Waals surface area contributed by atoms with E-state index < -0.39 is 0 Å². The molecule has 0 aromatic carbocycles. The van der Waals surface area contributed by atoms with Crippen LogP contribution in [0.2, 0.25) is 0 Å². The molecule has 5 nitrogen and oxygen atoms in total. The Hall–Kier alpha value is -1.80. The Morgan fingerprint density at radius 2 is 2.24 bits per heavy atom. The van der Waals surface area contributed by atoms with E-state index in [4.69, 9.17) is 15.4 Å². The number of rotatable bonds is 5. The number of amides is 1. The van der Waals surface area contributed by atoms with Crippen LogP contribution in [-0.2, 0) is 11.3 Å². The van der Waals surface area contributed by atoms with E-state index in [9.17, 15) is 4.79 Å². The van der Waals surface area contributed by atoms with Gasteiger partial charge in [0.2, 0.25) is 5.91 Å². The lowest BCUT2D eigenvalue weighted by Crippen LogP contribution is -2.43. The van der Waals surface area contributed by atoms with Gasteiger partial charge < -0.3 is 15.1 Å². The second-order valence-corrected chi connectivity index (χ2v) is 5.66. The Morgan fingerprint density at radius 3 is 2.95 bits per heavy atom. The summed E-state index contributed by atoms with van der Waals surface area (Å²) in [7, 11) is 0. The van der Waals surface area contributed by atoms with Gasteiger partial charge >= 0.3 is 0 Å². The summed E-state index contributed by atoms with van der Waals surface area (Å²) in [6.07, 6.45) is 6.98. The summed E-state index contributed by atoms with van der Waals surface area (Å²) in [6, 6.07) is 5.69. The molecular weight excluding hydrogens is 266 g/mol. The average Bonchev–Trinajstić information content (AvgIpc) is 2.90. The zero-order chi connectivity index (χ0) is 15.1. The molecule has 0 radical (unpaired) electrons. The van der Waals surface area contributed by atoms with Crippen molar-refractivity contribution in [2.75, 3.05) is 6.54 Å². The third-order valence-corrected chi connectivity index (χ3v) is 4.12. The monoisotopic (exact) mass is 289 g/mol. The molecule has 1 amide bonds. The van der Waals surface area contributed by atoms with Crippen molar-refractivity contribution in [3.05, 3.63) is 24.2 Å². The Kier molecular flexibility index (Phi) is 5.82. The molecule has 114 valence electrons. The largest absolute Gasteiger partial charge is 0.467 e. The minimum absolute atomic E-state index is 0.0658. The van der Waals surface area contributed by atoms with Crippen molar-refractivity contribution in [3.8, 4) is 6.07 Å². The molecule has 1 aromatic rings. The van der Waals surface area contributed by atoms with E-state index in [1.807, 2.05) is 6.07 Å². The van der Waals surface area contributed by atoms with E-state index >= 15 is 0 Å². The summed E-state index contributed by atoms with van der Waals surface area (Å²) in [6.45, 7) is 0.843. The molecule has 1 aliphatic carbocycles. The molecule has 0 bridgehead atoms.